The summed E-state index contributed by atoms with van der Waals surface area (Å²) in [5.74, 6) is 0.926. The summed E-state index contributed by atoms with van der Waals surface area (Å²) in [6, 6.07) is 9.33. The minimum absolute atomic E-state index is 0.347. The zero-order valence-electron chi connectivity index (χ0n) is 13.6. The van der Waals surface area contributed by atoms with E-state index in [1.54, 1.807) is 7.11 Å². The third kappa shape index (κ3) is 5.14. The number of hydrogen-bond acceptors (Lipinski definition) is 3. The molecule has 0 radical (unpaired) electrons. The highest BCUT2D eigenvalue weighted by Crippen LogP contribution is 2.21. The molecule has 0 spiro atoms. The first-order valence-electron chi connectivity index (χ1n) is 7.69. The zero-order valence-corrected chi connectivity index (χ0v) is 13.6. The third-order valence-electron chi connectivity index (χ3n) is 3.88. The van der Waals surface area contributed by atoms with Gasteiger partial charge in [-0.05, 0) is 44.6 Å². The number of nitrogens with zero attached hydrogens (tertiary/aromatic N) is 1. The highest BCUT2D eigenvalue weighted by atomic mass is 16.5. The second-order valence-corrected chi connectivity index (χ2v) is 5.46. The Morgan fingerprint density at radius 1 is 1.30 bits per heavy atom. The summed E-state index contributed by atoms with van der Waals surface area (Å²) in [6.45, 7) is 8.69. The van der Waals surface area contributed by atoms with E-state index in [2.05, 4.69) is 56.2 Å². The van der Waals surface area contributed by atoms with E-state index < -0.39 is 0 Å². The van der Waals surface area contributed by atoms with Gasteiger partial charge in [0, 0.05) is 18.6 Å². The standard InChI is InChI=1S/C17H30N2O/c1-6-9-14(3)19(4)13-17(18-7-2)15-10-8-11-16(12-15)20-5/h8,10-12,14,17-18H,6-7,9,13H2,1-5H3. The smallest absolute Gasteiger partial charge is 0.119 e. The fourth-order valence-corrected chi connectivity index (χ4v) is 2.50. The molecule has 0 aliphatic carbocycles. The molecular weight excluding hydrogens is 248 g/mol. The Morgan fingerprint density at radius 2 is 2.05 bits per heavy atom. The third-order valence-corrected chi connectivity index (χ3v) is 3.88. The summed E-state index contributed by atoms with van der Waals surface area (Å²) in [5.41, 5.74) is 1.29. The molecule has 1 N–H and O–H groups in total. The zero-order chi connectivity index (χ0) is 15.0. The maximum absolute atomic E-state index is 5.33. The number of benzene rings is 1. The van der Waals surface area contributed by atoms with Crippen molar-refractivity contribution in [3.8, 4) is 5.75 Å². The summed E-state index contributed by atoms with van der Waals surface area (Å²) in [5, 5.41) is 3.58. The van der Waals surface area contributed by atoms with Crippen molar-refractivity contribution in [1.82, 2.24) is 10.2 Å². The van der Waals surface area contributed by atoms with Crippen LogP contribution in [0.4, 0.5) is 0 Å². The van der Waals surface area contributed by atoms with Gasteiger partial charge in [0.05, 0.1) is 7.11 Å². The minimum Gasteiger partial charge on any atom is -0.497 e. The van der Waals surface area contributed by atoms with E-state index in [1.807, 2.05) is 6.07 Å². The maximum Gasteiger partial charge on any atom is 0.119 e. The number of likely N-dealkylation sites (N-methyl/N-ethyl adjacent to an activating group) is 2. The van der Waals surface area contributed by atoms with Crippen molar-refractivity contribution < 1.29 is 4.74 Å². The van der Waals surface area contributed by atoms with Crippen molar-refractivity contribution in [1.29, 1.82) is 0 Å². The van der Waals surface area contributed by atoms with Gasteiger partial charge in [-0.25, -0.2) is 0 Å². The van der Waals surface area contributed by atoms with Gasteiger partial charge in [0.2, 0.25) is 0 Å². The molecule has 20 heavy (non-hydrogen) atoms. The summed E-state index contributed by atoms with van der Waals surface area (Å²) in [7, 11) is 3.93. The fourth-order valence-electron chi connectivity index (χ4n) is 2.50. The molecule has 0 saturated heterocycles. The summed E-state index contributed by atoms with van der Waals surface area (Å²) >= 11 is 0. The largest absolute Gasteiger partial charge is 0.497 e. The SMILES string of the molecule is CCCC(C)N(C)CC(NCC)c1cccc(OC)c1. The van der Waals surface area contributed by atoms with Crippen LogP contribution in [0.25, 0.3) is 0 Å². The average Bonchev–Trinajstić information content (AvgIpc) is 2.47. The van der Waals surface area contributed by atoms with Crippen LogP contribution in [0.2, 0.25) is 0 Å². The van der Waals surface area contributed by atoms with Gasteiger partial charge in [0.15, 0.2) is 0 Å². The molecule has 0 aliphatic rings. The average molecular weight is 278 g/mol. The van der Waals surface area contributed by atoms with Gasteiger partial charge in [-0.3, -0.25) is 0 Å². The van der Waals surface area contributed by atoms with E-state index in [1.165, 1.54) is 18.4 Å². The van der Waals surface area contributed by atoms with Gasteiger partial charge >= 0.3 is 0 Å². The van der Waals surface area contributed by atoms with Gasteiger partial charge in [0.1, 0.15) is 5.75 Å². The highest BCUT2D eigenvalue weighted by molar-refractivity contribution is 5.30. The summed E-state index contributed by atoms with van der Waals surface area (Å²) < 4.78 is 5.33. The quantitative estimate of drug-likeness (QED) is 0.748. The first-order chi connectivity index (χ1) is 9.62. The Morgan fingerprint density at radius 3 is 2.65 bits per heavy atom. The lowest BCUT2D eigenvalue weighted by atomic mass is 10.0. The molecule has 1 aromatic rings. The van der Waals surface area contributed by atoms with Gasteiger partial charge in [-0.15, -0.1) is 0 Å². The molecule has 0 aliphatic heterocycles. The summed E-state index contributed by atoms with van der Waals surface area (Å²) in [4.78, 5) is 2.44. The van der Waals surface area contributed by atoms with Crippen molar-refractivity contribution in [2.75, 3.05) is 27.2 Å². The molecule has 0 aromatic heterocycles. The number of ether oxygens (including phenoxy) is 1. The second-order valence-electron chi connectivity index (χ2n) is 5.46. The Kier molecular flexibility index (Phi) is 7.63. The van der Waals surface area contributed by atoms with E-state index in [9.17, 15) is 0 Å². The topological polar surface area (TPSA) is 24.5 Å². The van der Waals surface area contributed by atoms with Crippen LogP contribution in [0.3, 0.4) is 0 Å². The van der Waals surface area contributed by atoms with Crippen LogP contribution in [0.5, 0.6) is 5.75 Å². The van der Waals surface area contributed by atoms with Crippen LogP contribution >= 0.6 is 0 Å². The predicted octanol–water partition coefficient (Wildman–Crippen LogP) is 3.47. The van der Waals surface area contributed by atoms with Crippen LogP contribution in [0.1, 0.15) is 45.2 Å². The normalized spacial score (nSPS) is 14.3. The minimum atomic E-state index is 0.347. The van der Waals surface area contributed by atoms with Crippen molar-refractivity contribution in [2.24, 2.45) is 0 Å². The molecule has 0 saturated carbocycles. The van der Waals surface area contributed by atoms with Crippen LogP contribution in [-0.4, -0.2) is 38.2 Å². The molecule has 1 aromatic carbocycles. The lowest BCUT2D eigenvalue weighted by Crippen LogP contribution is -2.37. The Labute approximate surface area is 124 Å². The molecular formula is C17H30N2O. The van der Waals surface area contributed by atoms with E-state index in [4.69, 9.17) is 4.74 Å². The maximum atomic E-state index is 5.33. The first kappa shape index (κ1) is 17.0. The molecule has 0 fully saturated rings. The fraction of sp³-hybridized carbons (Fsp3) is 0.647. The molecule has 2 unspecified atom stereocenters. The molecule has 2 atom stereocenters. The van der Waals surface area contributed by atoms with Gasteiger partial charge in [0.25, 0.3) is 0 Å². The van der Waals surface area contributed by atoms with Crippen LogP contribution in [0.15, 0.2) is 24.3 Å². The van der Waals surface area contributed by atoms with Gasteiger partial charge in [-0.2, -0.15) is 0 Å². The second kappa shape index (κ2) is 8.98. The van der Waals surface area contributed by atoms with E-state index >= 15 is 0 Å². The Balaban J connectivity index is 2.77. The van der Waals surface area contributed by atoms with Gasteiger partial charge < -0.3 is 15.0 Å². The highest BCUT2D eigenvalue weighted by Gasteiger charge is 2.16. The monoisotopic (exact) mass is 278 g/mol. The number of nitrogens with one attached hydrogen (secondary N) is 1. The van der Waals surface area contributed by atoms with E-state index in [-0.39, 0.29) is 0 Å². The van der Waals surface area contributed by atoms with Crippen LogP contribution < -0.4 is 10.1 Å². The lowest BCUT2D eigenvalue weighted by molar-refractivity contribution is 0.219. The van der Waals surface area contributed by atoms with Crippen molar-refractivity contribution >= 4 is 0 Å². The summed E-state index contributed by atoms with van der Waals surface area (Å²) in [6.07, 6.45) is 2.48. The molecule has 0 heterocycles. The van der Waals surface area contributed by atoms with Crippen molar-refractivity contribution in [3.05, 3.63) is 29.8 Å². The lowest BCUT2D eigenvalue weighted by Gasteiger charge is -2.29. The first-order valence-corrected chi connectivity index (χ1v) is 7.69. The van der Waals surface area contributed by atoms with Crippen LogP contribution in [0, 0.1) is 0 Å². The molecule has 0 bridgehead atoms. The molecule has 3 nitrogen and oxygen atoms in total. The number of rotatable bonds is 9. The molecule has 114 valence electrons. The number of hydrogen-bond donors (Lipinski definition) is 1. The van der Waals surface area contributed by atoms with Crippen molar-refractivity contribution in [2.45, 2.75) is 45.7 Å². The Hall–Kier alpha value is -1.06. The Bertz CT molecular complexity index is 381. The van der Waals surface area contributed by atoms with Crippen molar-refractivity contribution in [3.63, 3.8) is 0 Å². The number of methoxy groups -OCH3 is 1. The predicted molar refractivity (Wildman–Crippen MR) is 86.4 cm³/mol. The molecule has 3 heteroatoms. The molecule has 1 rings (SSSR count). The molecule has 0 amide bonds. The van der Waals surface area contributed by atoms with E-state index in [0.29, 0.717) is 12.1 Å². The van der Waals surface area contributed by atoms with Crippen LogP contribution in [-0.2, 0) is 0 Å². The van der Waals surface area contributed by atoms with E-state index in [0.717, 1.165) is 18.8 Å². The van der Waals surface area contributed by atoms with Gasteiger partial charge in [-0.1, -0.05) is 32.4 Å².